The number of para-hydroxylation sites is 1. The minimum Gasteiger partial charge on any atom is -0.393 e. The Morgan fingerprint density at radius 1 is 1.17 bits per heavy atom. The van der Waals surface area contributed by atoms with Gasteiger partial charge in [0.15, 0.2) is 11.6 Å². The van der Waals surface area contributed by atoms with Gasteiger partial charge < -0.3 is 20.9 Å². The normalized spacial score (nSPS) is 10.5. The van der Waals surface area contributed by atoms with Gasteiger partial charge in [0.2, 0.25) is 0 Å². The maximum atomic E-state index is 6.15. The van der Waals surface area contributed by atoms with Crippen molar-refractivity contribution in [1.82, 2.24) is 19.5 Å². The van der Waals surface area contributed by atoms with Crippen LogP contribution in [-0.4, -0.2) is 26.1 Å². The third-order valence-electron chi connectivity index (χ3n) is 3.46. The summed E-state index contributed by atoms with van der Waals surface area (Å²) in [6.07, 6.45) is 7.89. The number of hydrogen-bond acceptors (Lipinski definition) is 6. The minimum absolute atomic E-state index is 0.458. The Kier molecular flexibility index (Phi) is 5.12. The van der Waals surface area contributed by atoms with E-state index in [9.17, 15) is 0 Å². The van der Waals surface area contributed by atoms with Crippen molar-refractivity contribution in [1.29, 1.82) is 0 Å². The molecule has 0 spiro atoms. The van der Waals surface area contributed by atoms with Crippen LogP contribution in [0.2, 0.25) is 5.02 Å². The van der Waals surface area contributed by atoms with E-state index in [1.165, 1.54) is 6.33 Å². The van der Waals surface area contributed by atoms with Crippen molar-refractivity contribution in [2.75, 3.05) is 22.9 Å². The molecule has 124 valence electrons. The first kappa shape index (κ1) is 16.1. The zero-order chi connectivity index (χ0) is 16.8. The number of nitrogens with one attached hydrogen (secondary N) is 2. The third-order valence-corrected chi connectivity index (χ3v) is 3.79. The highest BCUT2D eigenvalue weighted by Crippen LogP contribution is 2.29. The van der Waals surface area contributed by atoms with Gasteiger partial charge in [-0.05, 0) is 18.6 Å². The van der Waals surface area contributed by atoms with Crippen LogP contribution >= 0.6 is 11.6 Å². The summed E-state index contributed by atoms with van der Waals surface area (Å²) in [5.74, 6) is 1.13. The van der Waals surface area contributed by atoms with E-state index in [0.29, 0.717) is 22.3 Å². The first-order chi connectivity index (χ1) is 11.7. The van der Waals surface area contributed by atoms with Gasteiger partial charge in [-0.2, -0.15) is 0 Å². The molecule has 0 amide bonds. The molecule has 0 unspecified atom stereocenters. The second-order valence-electron chi connectivity index (χ2n) is 5.17. The van der Waals surface area contributed by atoms with Gasteiger partial charge in [0.1, 0.15) is 12.0 Å². The van der Waals surface area contributed by atoms with Crippen LogP contribution in [-0.2, 0) is 6.54 Å². The topological polar surface area (TPSA) is 93.7 Å². The van der Waals surface area contributed by atoms with Crippen LogP contribution in [0.25, 0.3) is 0 Å². The Balaban J connectivity index is 1.61. The van der Waals surface area contributed by atoms with E-state index >= 15 is 0 Å². The molecule has 8 heteroatoms. The van der Waals surface area contributed by atoms with E-state index in [1.807, 2.05) is 29.0 Å². The molecule has 0 atom stereocenters. The van der Waals surface area contributed by atoms with Crippen molar-refractivity contribution in [2.45, 2.75) is 13.0 Å². The fraction of sp³-hybridized carbons (Fsp3) is 0.188. The number of nitrogen functional groups attached to an aromatic ring is 1. The van der Waals surface area contributed by atoms with E-state index in [4.69, 9.17) is 17.3 Å². The predicted octanol–water partition coefficient (Wildman–Crippen LogP) is 3.15. The molecule has 2 aromatic heterocycles. The van der Waals surface area contributed by atoms with Crippen LogP contribution in [0, 0.1) is 0 Å². The lowest BCUT2D eigenvalue weighted by Crippen LogP contribution is -2.10. The number of anilines is 4. The van der Waals surface area contributed by atoms with E-state index in [-0.39, 0.29) is 0 Å². The van der Waals surface area contributed by atoms with Crippen molar-refractivity contribution < 1.29 is 0 Å². The van der Waals surface area contributed by atoms with Crippen LogP contribution in [0.3, 0.4) is 0 Å². The second kappa shape index (κ2) is 7.65. The van der Waals surface area contributed by atoms with E-state index < -0.39 is 0 Å². The average molecular weight is 344 g/mol. The number of nitrogens with zero attached hydrogens (tertiary/aromatic N) is 4. The van der Waals surface area contributed by atoms with E-state index in [0.717, 1.165) is 25.2 Å². The molecule has 1 aromatic carbocycles. The molecule has 3 rings (SSSR count). The lowest BCUT2D eigenvalue weighted by molar-refractivity contribution is 0.660. The molecule has 7 nitrogen and oxygen atoms in total. The number of benzene rings is 1. The van der Waals surface area contributed by atoms with Gasteiger partial charge in [0.05, 0.1) is 17.0 Å². The van der Waals surface area contributed by atoms with Crippen LogP contribution in [0.1, 0.15) is 6.42 Å². The van der Waals surface area contributed by atoms with Crippen LogP contribution in [0.15, 0.2) is 49.3 Å². The van der Waals surface area contributed by atoms with Crippen molar-refractivity contribution in [3.8, 4) is 0 Å². The van der Waals surface area contributed by atoms with Gasteiger partial charge in [-0.25, -0.2) is 15.0 Å². The summed E-state index contributed by atoms with van der Waals surface area (Å²) >= 11 is 6.15. The number of hydrogen-bond donors (Lipinski definition) is 3. The third kappa shape index (κ3) is 3.94. The average Bonchev–Trinajstić information content (AvgIpc) is 3.10. The molecule has 4 N–H and O–H groups in total. The van der Waals surface area contributed by atoms with Gasteiger partial charge in [0, 0.05) is 25.5 Å². The molecule has 2 heterocycles. The summed E-state index contributed by atoms with van der Waals surface area (Å²) in [4.78, 5) is 12.4. The molecule has 0 saturated heterocycles. The molecule has 0 bridgehead atoms. The quantitative estimate of drug-likeness (QED) is 0.570. The lowest BCUT2D eigenvalue weighted by atomic mass is 10.3. The maximum absolute atomic E-state index is 6.15. The number of halogens is 1. The molecule has 0 aliphatic rings. The molecule has 3 aromatic rings. The summed E-state index contributed by atoms with van der Waals surface area (Å²) in [5, 5.41) is 6.97. The molecule has 0 aliphatic carbocycles. The molecule has 0 fully saturated rings. The van der Waals surface area contributed by atoms with Gasteiger partial charge in [-0.3, -0.25) is 0 Å². The first-order valence-electron chi connectivity index (χ1n) is 7.55. The van der Waals surface area contributed by atoms with Crippen molar-refractivity contribution in [3.05, 3.63) is 54.3 Å². The van der Waals surface area contributed by atoms with Crippen molar-refractivity contribution in [3.63, 3.8) is 0 Å². The minimum atomic E-state index is 0.458. The van der Waals surface area contributed by atoms with Gasteiger partial charge in [0.25, 0.3) is 0 Å². The van der Waals surface area contributed by atoms with Crippen molar-refractivity contribution >= 4 is 34.6 Å². The summed E-state index contributed by atoms with van der Waals surface area (Å²) in [6, 6.07) is 7.42. The number of imidazole rings is 1. The highest BCUT2D eigenvalue weighted by atomic mass is 35.5. The summed E-state index contributed by atoms with van der Waals surface area (Å²) in [5.41, 5.74) is 7.35. The van der Waals surface area contributed by atoms with Gasteiger partial charge in [-0.1, -0.05) is 23.7 Å². The zero-order valence-corrected chi connectivity index (χ0v) is 13.7. The lowest BCUT2D eigenvalue weighted by Gasteiger charge is -2.13. The molecule has 0 radical (unpaired) electrons. The Hall–Kier alpha value is -2.80. The highest BCUT2D eigenvalue weighted by Gasteiger charge is 2.09. The Morgan fingerprint density at radius 2 is 2.00 bits per heavy atom. The molecular weight excluding hydrogens is 326 g/mol. The number of aryl methyl sites for hydroxylation is 1. The van der Waals surface area contributed by atoms with E-state index in [1.54, 1.807) is 18.6 Å². The largest absolute Gasteiger partial charge is 0.393 e. The standard InChI is InChI=1S/C16H18ClN7/c17-12-4-1-2-5-13(12)23-16-14(18)15(21-10-22-16)20-6-3-8-24-9-7-19-11-24/h1-2,4-5,7,9-11H,3,6,8,18H2,(H2,20,21,22,23). The SMILES string of the molecule is Nc1c(NCCCn2ccnc2)ncnc1Nc1ccccc1Cl. The smallest absolute Gasteiger partial charge is 0.159 e. The Labute approximate surface area is 144 Å². The highest BCUT2D eigenvalue weighted by molar-refractivity contribution is 6.33. The Bertz CT molecular complexity index is 789. The number of aromatic nitrogens is 4. The molecule has 0 saturated carbocycles. The monoisotopic (exact) mass is 343 g/mol. The second-order valence-corrected chi connectivity index (χ2v) is 5.58. The van der Waals surface area contributed by atoms with Crippen molar-refractivity contribution in [2.24, 2.45) is 0 Å². The summed E-state index contributed by atoms with van der Waals surface area (Å²) in [7, 11) is 0. The van der Waals surface area contributed by atoms with Crippen LogP contribution in [0.4, 0.5) is 23.0 Å². The fourth-order valence-electron chi connectivity index (χ4n) is 2.21. The summed E-state index contributed by atoms with van der Waals surface area (Å²) < 4.78 is 2.02. The molecular formula is C16H18ClN7. The fourth-order valence-corrected chi connectivity index (χ4v) is 2.40. The van der Waals surface area contributed by atoms with Crippen LogP contribution < -0.4 is 16.4 Å². The molecule has 24 heavy (non-hydrogen) atoms. The number of nitrogens with two attached hydrogens (primary N) is 1. The zero-order valence-electron chi connectivity index (χ0n) is 13.0. The maximum Gasteiger partial charge on any atom is 0.159 e. The Morgan fingerprint density at radius 3 is 2.79 bits per heavy atom. The summed E-state index contributed by atoms with van der Waals surface area (Å²) in [6.45, 7) is 1.62. The predicted molar refractivity (Wildman–Crippen MR) is 96.5 cm³/mol. The molecule has 0 aliphatic heterocycles. The van der Waals surface area contributed by atoms with Gasteiger partial charge >= 0.3 is 0 Å². The van der Waals surface area contributed by atoms with Crippen LogP contribution in [0.5, 0.6) is 0 Å². The first-order valence-corrected chi connectivity index (χ1v) is 7.93. The van der Waals surface area contributed by atoms with Gasteiger partial charge in [-0.15, -0.1) is 0 Å². The number of rotatable bonds is 7. The van der Waals surface area contributed by atoms with E-state index in [2.05, 4.69) is 25.6 Å².